The minimum Gasteiger partial charge on any atom is -0.496 e. The topological polar surface area (TPSA) is 38.7 Å². The Labute approximate surface area is 103 Å². The highest BCUT2D eigenvalue weighted by Gasteiger charge is 2.21. The van der Waals surface area contributed by atoms with E-state index in [0.29, 0.717) is 6.54 Å². The number of aryl methyl sites for hydroxylation is 1. The van der Waals surface area contributed by atoms with Crippen LogP contribution >= 0.6 is 0 Å². The van der Waals surface area contributed by atoms with Gasteiger partial charge in [0.25, 0.3) is 0 Å². The van der Waals surface area contributed by atoms with Crippen molar-refractivity contribution >= 4 is 6.08 Å². The zero-order chi connectivity index (χ0) is 13.1. The molecule has 0 atom stereocenters. The Bertz CT molecular complexity index is 452. The standard InChI is InChI=1S/C14H19NO2/c1-10-6-7-12(14(2,3)4)13(17-5)11(10)8-15-9-16/h6-7H,8H2,1-5H3. The molecule has 0 saturated carbocycles. The molecular formula is C14H19NO2. The molecule has 1 aromatic rings. The lowest BCUT2D eigenvalue weighted by molar-refractivity contribution is 0.392. The highest BCUT2D eigenvalue weighted by molar-refractivity contribution is 5.49. The normalized spacial score (nSPS) is 10.9. The quantitative estimate of drug-likeness (QED) is 0.594. The molecule has 0 aliphatic heterocycles. The zero-order valence-corrected chi connectivity index (χ0v) is 11.1. The number of methoxy groups -OCH3 is 1. The van der Waals surface area contributed by atoms with Gasteiger partial charge in [-0.15, -0.1) is 0 Å². The number of ether oxygens (including phenoxy) is 1. The highest BCUT2D eigenvalue weighted by Crippen LogP contribution is 2.35. The summed E-state index contributed by atoms with van der Waals surface area (Å²) in [6.45, 7) is 8.71. The molecule has 0 heterocycles. The van der Waals surface area contributed by atoms with Crippen LogP contribution in [-0.4, -0.2) is 13.2 Å². The van der Waals surface area contributed by atoms with E-state index >= 15 is 0 Å². The maximum Gasteiger partial charge on any atom is 0.235 e. The summed E-state index contributed by atoms with van der Waals surface area (Å²) in [5.74, 6) is 0.830. The average molecular weight is 233 g/mol. The largest absolute Gasteiger partial charge is 0.496 e. The summed E-state index contributed by atoms with van der Waals surface area (Å²) in [5.41, 5.74) is 3.16. The van der Waals surface area contributed by atoms with Gasteiger partial charge in [-0.3, -0.25) is 0 Å². The van der Waals surface area contributed by atoms with Gasteiger partial charge in [0, 0.05) is 5.56 Å². The maximum absolute atomic E-state index is 10.2. The monoisotopic (exact) mass is 233 g/mol. The van der Waals surface area contributed by atoms with Gasteiger partial charge in [0.2, 0.25) is 6.08 Å². The fraction of sp³-hybridized carbons (Fsp3) is 0.500. The van der Waals surface area contributed by atoms with Crippen molar-refractivity contribution in [3.05, 3.63) is 28.8 Å². The predicted octanol–water partition coefficient (Wildman–Crippen LogP) is 3.14. The highest BCUT2D eigenvalue weighted by atomic mass is 16.5. The van der Waals surface area contributed by atoms with Gasteiger partial charge in [0.05, 0.1) is 13.7 Å². The van der Waals surface area contributed by atoms with Gasteiger partial charge in [-0.1, -0.05) is 32.9 Å². The smallest absolute Gasteiger partial charge is 0.235 e. The molecule has 0 amide bonds. The summed E-state index contributed by atoms with van der Waals surface area (Å²) in [6, 6.07) is 4.11. The first-order chi connectivity index (χ1) is 7.91. The summed E-state index contributed by atoms with van der Waals surface area (Å²) in [6.07, 6.45) is 1.57. The van der Waals surface area contributed by atoms with Crippen LogP contribution in [0.25, 0.3) is 0 Å². The van der Waals surface area contributed by atoms with Crippen LogP contribution in [0.4, 0.5) is 0 Å². The summed E-state index contributed by atoms with van der Waals surface area (Å²) in [4.78, 5) is 13.9. The Morgan fingerprint density at radius 3 is 2.47 bits per heavy atom. The number of aliphatic imine (C=N–C) groups is 1. The lowest BCUT2D eigenvalue weighted by atomic mass is 9.84. The van der Waals surface area contributed by atoms with Crippen molar-refractivity contribution in [3.63, 3.8) is 0 Å². The molecule has 0 saturated heterocycles. The molecule has 0 spiro atoms. The van der Waals surface area contributed by atoms with E-state index in [4.69, 9.17) is 4.74 Å². The van der Waals surface area contributed by atoms with E-state index in [9.17, 15) is 4.79 Å². The number of isocyanates is 1. The maximum atomic E-state index is 10.2. The molecule has 1 rings (SSSR count). The molecule has 0 aliphatic carbocycles. The molecule has 0 aliphatic rings. The van der Waals surface area contributed by atoms with Crippen LogP contribution < -0.4 is 4.74 Å². The zero-order valence-electron chi connectivity index (χ0n) is 11.1. The van der Waals surface area contributed by atoms with Crippen molar-refractivity contribution in [1.29, 1.82) is 0 Å². The van der Waals surface area contributed by atoms with E-state index in [2.05, 4.69) is 31.8 Å². The van der Waals surface area contributed by atoms with Crippen LogP contribution in [0.15, 0.2) is 17.1 Å². The second kappa shape index (κ2) is 5.15. The van der Waals surface area contributed by atoms with Gasteiger partial charge in [-0.25, -0.2) is 9.79 Å². The molecule has 1 aromatic carbocycles. The molecule has 0 radical (unpaired) electrons. The Hall–Kier alpha value is -1.60. The third kappa shape index (κ3) is 2.95. The fourth-order valence-corrected chi connectivity index (χ4v) is 1.86. The van der Waals surface area contributed by atoms with Crippen molar-refractivity contribution in [1.82, 2.24) is 0 Å². The van der Waals surface area contributed by atoms with E-state index in [1.807, 2.05) is 13.0 Å². The molecule has 0 N–H and O–H groups in total. The fourth-order valence-electron chi connectivity index (χ4n) is 1.86. The average Bonchev–Trinajstić information content (AvgIpc) is 2.25. The number of nitrogens with zero attached hydrogens (tertiary/aromatic N) is 1. The molecule has 17 heavy (non-hydrogen) atoms. The van der Waals surface area contributed by atoms with Crippen molar-refractivity contribution in [2.45, 2.75) is 39.7 Å². The minimum atomic E-state index is -0.00130. The number of hydrogen-bond donors (Lipinski definition) is 0. The van der Waals surface area contributed by atoms with Gasteiger partial charge in [-0.05, 0) is 23.5 Å². The summed E-state index contributed by atoms with van der Waals surface area (Å²) >= 11 is 0. The van der Waals surface area contributed by atoms with Gasteiger partial charge in [-0.2, -0.15) is 0 Å². The van der Waals surface area contributed by atoms with Crippen LogP contribution in [0.1, 0.15) is 37.5 Å². The summed E-state index contributed by atoms with van der Waals surface area (Å²) in [7, 11) is 1.65. The number of hydrogen-bond acceptors (Lipinski definition) is 3. The molecule has 92 valence electrons. The van der Waals surface area contributed by atoms with Gasteiger partial charge in [0.15, 0.2) is 0 Å². The number of rotatable bonds is 3. The molecule has 0 aromatic heterocycles. The second-order valence-electron chi connectivity index (χ2n) is 5.10. The Morgan fingerprint density at radius 2 is 2.00 bits per heavy atom. The molecule has 0 fully saturated rings. The van der Waals surface area contributed by atoms with Crippen molar-refractivity contribution in [3.8, 4) is 5.75 Å². The molecule has 0 unspecified atom stereocenters. The van der Waals surface area contributed by atoms with Crippen LogP contribution in [0, 0.1) is 6.92 Å². The molecule has 3 heteroatoms. The summed E-state index contributed by atoms with van der Waals surface area (Å²) < 4.78 is 5.49. The van der Waals surface area contributed by atoms with Crippen molar-refractivity contribution in [2.75, 3.05) is 7.11 Å². The minimum absolute atomic E-state index is 0.00130. The van der Waals surface area contributed by atoms with E-state index in [1.54, 1.807) is 13.2 Å². The SMILES string of the molecule is COc1c(C(C)(C)C)ccc(C)c1CN=C=O. The first kappa shape index (κ1) is 13.5. The Morgan fingerprint density at radius 1 is 1.35 bits per heavy atom. The van der Waals surface area contributed by atoms with Crippen LogP contribution in [-0.2, 0) is 16.8 Å². The first-order valence-corrected chi connectivity index (χ1v) is 5.62. The predicted molar refractivity (Wildman–Crippen MR) is 68.3 cm³/mol. The Balaban J connectivity index is 3.41. The Kier molecular flexibility index (Phi) is 4.08. The van der Waals surface area contributed by atoms with Gasteiger partial charge in [0.1, 0.15) is 5.75 Å². The van der Waals surface area contributed by atoms with Crippen molar-refractivity contribution < 1.29 is 9.53 Å². The van der Waals surface area contributed by atoms with Crippen molar-refractivity contribution in [2.24, 2.45) is 4.99 Å². The van der Waals surface area contributed by atoms with E-state index in [0.717, 1.165) is 22.4 Å². The van der Waals surface area contributed by atoms with Crippen LogP contribution in [0.5, 0.6) is 5.75 Å². The first-order valence-electron chi connectivity index (χ1n) is 5.62. The van der Waals surface area contributed by atoms with Gasteiger partial charge < -0.3 is 4.74 Å². The summed E-state index contributed by atoms with van der Waals surface area (Å²) in [5, 5.41) is 0. The number of carbonyl (C=O) groups excluding carboxylic acids is 1. The molecule has 0 bridgehead atoms. The molecule has 3 nitrogen and oxygen atoms in total. The van der Waals surface area contributed by atoms with E-state index in [1.165, 1.54) is 0 Å². The van der Waals surface area contributed by atoms with Crippen LogP contribution in [0.2, 0.25) is 0 Å². The number of benzene rings is 1. The van der Waals surface area contributed by atoms with E-state index < -0.39 is 0 Å². The van der Waals surface area contributed by atoms with Crippen LogP contribution in [0.3, 0.4) is 0 Å². The lowest BCUT2D eigenvalue weighted by Crippen LogP contribution is -2.14. The third-order valence-corrected chi connectivity index (χ3v) is 2.81. The third-order valence-electron chi connectivity index (χ3n) is 2.81. The van der Waals surface area contributed by atoms with E-state index in [-0.39, 0.29) is 5.41 Å². The van der Waals surface area contributed by atoms with Gasteiger partial charge >= 0.3 is 0 Å². The lowest BCUT2D eigenvalue weighted by Gasteiger charge is -2.24. The second-order valence-corrected chi connectivity index (χ2v) is 5.10. The molecular weight excluding hydrogens is 214 g/mol.